The van der Waals surface area contributed by atoms with Crippen LogP contribution in [-0.4, -0.2) is 57.8 Å². The molecule has 0 saturated heterocycles. The Bertz CT molecular complexity index is 3110. The Hall–Kier alpha value is -6.74. The van der Waals surface area contributed by atoms with Crippen LogP contribution in [0.4, 0.5) is 22.7 Å². The van der Waals surface area contributed by atoms with Gasteiger partial charge in [-0.1, -0.05) is 70.8 Å². The van der Waals surface area contributed by atoms with Crippen LogP contribution < -0.4 is 18.9 Å². The number of aromatic carboxylic acids is 1. The van der Waals surface area contributed by atoms with Gasteiger partial charge in [-0.05, 0) is 113 Å². The Kier molecular flexibility index (Phi) is 14.4. The van der Waals surface area contributed by atoms with Crippen molar-refractivity contribution in [1.29, 1.82) is 0 Å². The largest absolute Gasteiger partial charge is 0.478 e. The van der Waals surface area contributed by atoms with Crippen molar-refractivity contribution in [3.05, 3.63) is 167 Å². The third-order valence-corrected chi connectivity index (χ3v) is 14.5. The number of aryl methyl sites for hydroxylation is 4. The van der Waals surface area contributed by atoms with E-state index in [4.69, 9.17) is 0 Å². The molecule has 0 bridgehead atoms. The van der Waals surface area contributed by atoms with Crippen LogP contribution in [0.2, 0.25) is 0 Å². The molecule has 0 aliphatic carbocycles. The number of ether oxygens (including phenoxy) is 1. The zero-order valence-electron chi connectivity index (χ0n) is 34.3. The second-order valence-electron chi connectivity index (χ2n) is 14.0. The van der Waals surface area contributed by atoms with Crippen LogP contribution in [0, 0.1) is 27.7 Å². The van der Waals surface area contributed by atoms with Crippen molar-refractivity contribution in [3.8, 4) is 0 Å². The molecule has 0 fully saturated rings. The highest BCUT2D eigenvalue weighted by Gasteiger charge is 2.23. The summed E-state index contributed by atoms with van der Waals surface area (Å²) in [6, 6.07) is 31.7. The first-order valence-electron chi connectivity index (χ1n) is 18.5. The SMILES string of the molecule is COC(=O)c1ccc(NS(=O)(=O)c2ccc(C)cc2)c(NS(=O)(=O)c2ccc(C)cc2)c1.Cc1ccc(S(=O)(=O)Nc2ccc(C(=O)O)cc2NS(=O)(=O)c2ccc(C)cc2)cc1. The molecule has 0 radical (unpaired) electrons. The first kappa shape index (κ1) is 47.3. The average molecular weight is 935 g/mol. The number of sulfonamides is 4. The normalized spacial score (nSPS) is 11.6. The van der Waals surface area contributed by atoms with Gasteiger partial charge in [-0.2, -0.15) is 0 Å². The molecular formula is C43H42N4O12S4. The smallest absolute Gasteiger partial charge is 0.337 e. The van der Waals surface area contributed by atoms with E-state index in [1.165, 1.54) is 86.0 Å². The van der Waals surface area contributed by atoms with Gasteiger partial charge in [-0.15, -0.1) is 0 Å². The molecule has 0 aromatic heterocycles. The van der Waals surface area contributed by atoms with E-state index in [1.807, 2.05) is 20.8 Å². The molecule has 0 saturated carbocycles. The van der Waals surface area contributed by atoms with Gasteiger partial charge < -0.3 is 9.84 Å². The zero-order chi connectivity index (χ0) is 46.3. The Morgan fingerprint density at radius 1 is 0.397 bits per heavy atom. The lowest BCUT2D eigenvalue weighted by atomic mass is 10.2. The number of carbonyl (C=O) groups is 2. The van der Waals surface area contributed by atoms with E-state index in [2.05, 4.69) is 23.6 Å². The molecule has 20 heteroatoms. The fourth-order valence-electron chi connectivity index (χ4n) is 5.50. The lowest BCUT2D eigenvalue weighted by Gasteiger charge is -2.16. The maximum absolute atomic E-state index is 12.9. The maximum Gasteiger partial charge on any atom is 0.337 e. The molecule has 0 spiro atoms. The Morgan fingerprint density at radius 2 is 0.651 bits per heavy atom. The van der Waals surface area contributed by atoms with Gasteiger partial charge in [0.15, 0.2) is 0 Å². The highest BCUT2D eigenvalue weighted by Crippen LogP contribution is 2.31. The minimum absolute atomic E-state index is 0.00693. The number of carboxylic acids is 1. The number of esters is 1. The van der Waals surface area contributed by atoms with Crippen molar-refractivity contribution >= 4 is 74.8 Å². The van der Waals surface area contributed by atoms with Gasteiger partial charge in [-0.25, -0.2) is 43.3 Å². The number of benzene rings is 6. The van der Waals surface area contributed by atoms with E-state index < -0.39 is 52.0 Å². The van der Waals surface area contributed by atoms with Crippen molar-refractivity contribution in [2.24, 2.45) is 0 Å². The number of hydrogen-bond donors (Lipinski definition) is 5. The molecule has 5 N–H and O–H groups in total. The number of carbonyl (C=O) groups excluding carboxylic acids is 1. The van der Waals surface area contributed by atoms with Crippen molar-refractivity contribution in [1.82, 2.24) is 0 Å². The fourth-order valence-corrected chi connectivity index (χ4v) is 9.80. The summed E-state index contributed by atoms with van der Waals surface area (Å²) in [7, 11) is -15.0. The third kappa shape index (κ3) is 12.2. The minimum Gasteiger partial charge on any atom is -0.478 e. The van der Waals surface area contributed by atoms with Gasteiger partial charge in [0.2, 0.25) is 0 Å². The summed E-state index contributed by atoms with van der Waals surface area (Å²) >= 11 is 0. The summed E-state index contributed by atoms with van der Waals surface area (Å²) in [5, 5.41) is 9.27. The number of nitrogens with one attached hydrogen (secondary N) is 4. The maximum atomic E-state index is 12.9. The van der Waals surface area contributed by atoms with E-state index in [0.29, 0.717) is 0 Å². The van der Waals surface area contributed by atoms with E-state index in [9.17, 15) is 48.4 Å². The Balaban J connectivity index is 0.000000238. The van der Waals surface area contributed by atoms with Gasteiger partial charge in [0.25, 0.3) is 40.1 Å². The van der Waals surface area contributed by atoms with Crippen LogP contribution in [0.1, 0.15) is 43.0 Å². The highest BCUT2D eigenvalue weighted by molar-refractivity contribution is 7.93. The molecule has 0 amide bonds. The van der Waals surface area contributed by atoms with Crippen LogP contribution in [0.15, 0.2) is 153 Å². The Labute approximate surface area is 366 Å². The molecule has 6 aromatic carbocycles. The molecule has 0 unspecified atom stereocenters. The van der Waals surface area contributed by atoms with Crippen LogP contribution in [-0.2, 0) is 44.8 Å². The third-order valence-electron chi connectivity index (χ3n) is 9.01. The standard InChI is InChI=1S/C22H22N2O6S2.C21H20N2O6S2/c1-15-4-9-18(10-5-15)31(26,27)23-20-13-8-17(22(25)30-3)14-21(20)24-32(28,29)19-11-6-16(2)7-12-19;1-14-3-8-17(9-4-14)30(26,27)22-19-12-7-16(21(24)25)13-20(19)23-31(28,29)18-10-5-15(2)6-11-18/h4-14,23-24H,1-3H3;3-13,22-23H,1-2H3,(H,24,25). The molecule has 6 rings (SSSR count). The first-order chi connectivity index (χ1) is 29.5. The van der Waals surface area contributed by atoms with E-state index in [1.54, 1.807) is 55.5 Å². The molecule has 63 heavy (non-hydrogen) atoms. The van der Waals surface area contributed by atoms with E-state index >= 15 is 0 Å². The topological polar surface area (TPSA) is 248 Å². The van der Waals surface area contributed by atoms with Gasteiger partial charge in [0.1, 0.15) is 0 Å². The molecule has 0 heterocycles. The first-order valence-corrected chi connectivity index (χ1v) is 24.4. The predicted octanol–water partition coefficient (Wildman–Crippen LogP) is 7.29. The zero-order valence-corrected chi connectivity index (χ0v) is 37.5. The summed E-state index contributed by atoms with van der Waals surface area (Å²) in [5.74, 6) is -1.99. The molecule has 0 aliphatic heterocycles. The molecule has 0 atom stereocenters. The molecule has 0 aliphatic rings. The van der Waals surface area contributed by atoms with Crippen molar-refractivity contribution in [3.63, 3.8) is 0 Å². The van der Waals surface area contributed by atoms with Crippen LogP contribution in [0.3, 0.4) is 0 Å². The number of carboxylic acid groups (broad SMARTS) is 1. The summed E-state index contributed by atoms with van der Waals surface area (Å²) in [4.78, 5) is 23.2. The predicted molar refractivity (Wildman–Crippen MR) is 239 cm³/mol. The van der Waals surface area contributed by atoms with E-state index in [-0.39, 0.29) is 53.5 Å². The summed E-state index contributed by atoms with van der Waals surface area (Å²) in [6.07, 6.45) is 0. The van der Waals surface area contributed by atoms with Crippen LogP contribution in [0.5, 0.6) is 0 Å². The van der Waals surface area contributed by atoms with Gasteiger partial charge in [-0.3, -0.25) is 18.9 Å². The van der Waals surface area contributed by atoms with Crippen molar-refractivity contribution in [2.45, 2.75) is 47.3 Å². The van der Waals surface area contributed by atoms with Crippen LogP contribution >= 0.6 is 0 Å². The minimum atomic E-state index is -4.10. The van der Waals surface area contributed by atoms with Gasteiger partial charge in [0.05, 0.1) is 60.6 Å². The quantitative estimate of drug-likeness (QED) is 0.0676. The van der Waals surface area contributed by atoms with E-state index in [0.717, 1.165) is 28.3 Å². The van der Waals surface area contributed by atoms with Crippen LogP contribution in [0.25, 0.3) is 0 Å². The van der Waals surface area contributed by atoms with Gasteiger partial charge in [0, 0.05) is 0 Å². The number of hydrogen-bond acceptors (Lipinski definition) is 11. The van der Waals surface area contributed by atoms with Crippen molar-refractivity contribution in [2.75, 3.05) is 26.0 Å². The fraction of sp³-hybridized carbons (Fsp3) is 0.116. The lowest BCUT2D eigenvalue weighted by molar-refractivity contribution is 0.0599. The summed E-state index contributed by atoms with van der Waals surface area (Å²) in [6.45, 7) is 7.26. The monoisotopic (exact) mass is 934 g/mol. The molecular weight excluding hydrogens is 893 g/mol. The Morgan fingerprint density at radius 3 is 0.921 bits per heavy atom. The van der Waals surface area contributed by atoms with Crippen molar-refractivity contribution < 1.29 is 53.1 Å². The number of anilines is 4. The summed E-state index contributed by atoms with van der Waals surface area (Å²) < 4.78 is 117. The lowest BCUT2D eigenvalue weighted by Crippen LogP contribution is -2.18. The van der Waals surface area contributed by atoms with Gasteiger partial charge >= 0.3 is 11.9 Å². The number of methoxy groups -OCH3 is 1. The second kappa shape index (κ2) is 19.1. The molecule has 6 aromatic rings. The number of rotatable bonds is 14. The summed E-state index contributed by atoms with van der Waals surface area (Å²) in [5.41, 5.74) is 2.85. The highest BCUT2D eigenvalue weighted by atomic mass is 32.2. The second-order valence-corrected chi connectivity index (χ2v) is 20.7. The molecule has 330 valence electrons. The average Bonchev–Trinajstić information content (AvgIpc) is 3.22. The molecule has 16 nitrogen and oxygen atoms in total.